The molecule has 7 heteroatoms. The van der Waals surface area contributed by atoms with Gasteiger partial charge in [-0.15, -0.1) is 0 Å². The Bertz CT molecular complexity index is 661. The second-order valence-electron chi connectivity index (χ2n) is 6.87. The zero-order chi connectivity index (χ0) is 18.6. The molecule has 1 aromatic rings. The number of piperidine rings is 1. The number of nitrogens with zero attached hydrogens (tertiary/aromatic N) is 2. The predicted octanol–water partition coefficient (Wildman–Crippen LogP) is 1.27. The van der Waals surface area contributed by atoms with E-state index in [1.807, 2.05) is 0 Å². The average molecular weight is 363 g/mol. The molecule has 2 aliphatic heterocycles. The first-order valence-electron chi connectivity index (χ1n) is 9.16. The topological polar surface area (TPSA) is 61.9 Å². The lowest BCUT2D eigenvalue weighted by atomic mass is 9.90. The van der Waals surface area contributed by atoms with Crippen molar-refractivity contribution in [3.8, 4) is 0 Å². The van der Waals surface area contributed by atoms with Gasteiger partial charge in [0.25, 0.3) is 11.8 Å². The van der Waals surface area contributed by atoms with Crippen LogP contribution in [0.4, 0.5) is 4.39 Å². The van der Waals surface area contributed by atoms with E-state index in [4.69, 9.17) is 4.74 Å². The molecule has 0 bridgehead atoms. The smallest absolute Gasteiger partial charge is 0.256 e. The number of ether oxygens (including phenoxy) is 1. The second kappa shape index (κ2) is 8.14. The molecule has 6 nitrogen and oxygen atoms in total. The van der Waals surface area contributed by atoms with Crippen LogP contribution in [0, 0.1) is 5.82 Å². The first kappa shape index (κ1) is 18.8. The van der Waals surface area contributed by atoms with Crippen molar-refractivity contribution in [2.24, 2.45) is 0 Å². The number of amides is 2. The Morgan fingerprint density at radius 2 is 1.73 bits per heavy atom. The third kappa shape index (κ3) is 3.73. The molecular weight excluding hydrogens is 337 g/mol. The summed E-state index contributed by atoms with van der Waals surface area (Å²) in [5.74, 6) is -0.829. The second-order valence-corrected chi connectivity index (χ2v) is 6.87. The molecule has 26 heavy (non-hydrogen) atoms. The summed E-state index contributed by atoms with van der Waals surface area (Å²) in [6, 6.07) is 6.02. The lowest BCUT2D eigenvalue weighted by Crippen LogP contribution is -2.56. The van der Waals surface area contributed by atoms with E-state index in [-0.39, 0.29) is 17.4 Å². The monoisotopic (exact) mass is 363 g/mol. The van der Waals surface area contributed by atoms with Crippen LogP contribution in [-0.2, 0) is 9.53 Å². The molecule has 2 heterocycles. The van der Waals surface area contributed by atoms with Gasteiger partial charge in [-0.2, -0.15) is 0 Å². The van der Waals surface area contributed by atoms with E-state index in [0.717, 1.165) is 13.1 Å². The third-order valence-electron chi connectivity index (χ3n) is 5.37. The molecule has 3 rings (SSSR count). The quantitative estimate of drug-likeness (QED) is 0.879. The Hall–Kier alpha value is -1.99. The van der Waals surface area contributed by atoms with E-state index in [0.29, 0.717) is 45.4 Å². The average Bonchev–Trinajstić information content (AvgIpc) is 2.94. The maximum Gasteiger partial charge on any atom is 0.256 e. The summed E-state index contributed by atoms with van der Waals surface area (Å²) in [5.41, 5.74) is -0.685. The minimum atomic E-state index is -0.768. The maximum atomic E-state index is 13.9. The van der Waals surface area contributed by atoms with Gasteiger partial charge in [-0.25, -0.2) is 4.39 Å². The molecule has 2 saturated heterocycles. The molecule has 0 saturated carbocycles. The Labute approximate surface area is 153 Å². The number of methoxy groups -OCH3 is 1. The van der Waals surface area contributed by atoms with E-state index in [9.17, 15) is 14.0 Å². The highest BCUT2D eigenvalue weighted by atomic mass is 19.1. The minimum Gasteiger partial charge on any atom is -0.368 e. The largest absolute Gasteiger partial charge is 0.368 e. The molecule has 0 aliphatic carbocycles. The number of hydrogen-bond acceptors (Lipinski definition) is 4. The fourth-order valence-corrected chi connectivity index (χ4v) is 3.75. The predicted molar refractivity (Wildman–Crippen MR) is 95.3 cm³/mol. The lowest BCUT2D eigenvalue weighted by Gasteiger charge is -2.38. The number of hydrogen-bond donors (Lipinski definition) is 1. The number of carbonyl (C=O) groups is 2. The number of benzene rings is 1. The number of carbonyl (C=O) groups excluding carboxylic acids is 2. The van der Waals surface area contributed by atoms with E-state index >= 15 is 0 Å². The van der Waals surface area contributed by atoms with Crippen LogP contribution in [0.25, 0.3) is 0 Å². The van der Waals surface area contributed by atoms with Crippen molar-refractivity contribution in [1.29, 1.82) is 0 Å². The van der Waals surface area contributed by atoms with Crippen LogP contribution in [0.5, 0.6) is 0 Å². The van der Waals surface area contributed by atoms with Crippen molar-refractivity contribution < 1.29 is 18.7 Å². The van der Waals surface area contributed by atoms with Crippen molar-refractivity contribution in [3.05, 3.63) is 35.6 Å². The summed E-state index contributed by atoms with van der Waals surface area (Å²) in [7, 11) is 1.59. The highest BCUT2D eigenvalue weighted by Crippen LogP contribution is 2.26. The van der Waals surface area contributed by atoms with Gasteiger partial charge in [0.15, 0.2) is 0 Å². The van der Waals surface area contributed by atoms with Crippen molar-refractivity contribution >= 4 is 11.8 Å². The van der Waals surface area contributed by atoms with Crippen molar-refractivity contribution in [1.82, 2.24) is 15.1 Å². The SMILES string of the molecule is COC1(C(=O)N2CCCN(C(=O)c3ccccc3F)CC2)CCNCC1. The molecule has 0 aromatic heterocycles. The van der Waals surface area contributed by atoms with Gasteiger partial charge in [0.1, 0.15) is 11.4 Å². The molecule has 0 spiro atoms. The van der Waals surface area contributed by atoms with Gasteiger partial charge >= 0.3 is 0 Å². The van der Waals surface area contributed by atoms with Gasteiger partial charge < -0.3 is 19.9 Å². The van der Waals surface area contributed by atoms with Crippen LogP contribution in [0.1, 0.15) is 29.6 Å². The number of nitrogens with one attached hydrogen (secondary N) is 1. The Kier molecular flexibility index (Phi) is 5.88. The summed E-state index contributed by atoms with van der Waals surface area (Å²) in [6.07, 6.45) is 1.97. The Balaban J connectivity index is 1.67. The van der Waals surface area contributed by atoms with E-state index in [1.54, 1.807) is 29.0 Å². The fraction of sp³-hybridized carbons (Fsp3) is 0.579. The first-order valence-corrected chi connectivity index (χ1v) is 9.16. The summed E-state index contributed by atoms with van der Waals surface area (Å²) in [4.78, 5) is 29.1. The molecule has 2 amide bonds. The molecule has 0 radical (unpaired) electrons. The Morgan fingerprint density at radius 1 is 1.08 bits per heavy atom. The van der Waals surface area contributed by atoms with Gasteiger partial charge in [-0.05, 0) is 44.5 Å². The van der Waals surface area contributed by atoms with Gasteiger partial charge in [0.05, 0.1) is 5.56 Å². The molecule has 1 N–H and O–H groups in total. The zero-order valence-corrected chi connectivity index (χ0v) is 15.2. The molecule has 0 atom stereocenters. The van der Waals surface area contributed by atoms with Crippen LogP contribution in [0.15, 0.2) is 24.3 Å². The molecule has 2 aliphatic rings. The molecule has 1 aromatic carbocycles. The third-order valence-corrected chi connectivity index (χ3v) is 5.37. The van der Waals surface area contributed by atoms with Gasteiger partial charge in [-0.1, -0.05) is 12.1 Å². The van der Waals surface area contributed by atoms with Crippen molar-refractivity contribution in [3.63, 3.8) is 0 Å². The molecular formula is C19H26FN3O3. The van der Waals surface area contributed by atoms with Crippen LogP contribution in [-0.4, -0.2) is 73.6 Å². The van der Waals surface area contributed by atoms with Gasteiger partial charge in [0, 0.05) is 33.3 Å². The Morgan fingerprint density at radius 3 is 2.42 bits per heavy atom. The van der Waals surface area contributed by atoms with E-state index in [1.165, 1.54) is 12.1 Å². The van der Waals surface area contributed by atoms with Crippen LogP contribution in [0.3, 0.4) is 0 Å². The molecule has 0 unspecified atom stereocenters. The normalized spacial score (nSPS) is 20.5. The molecule has 142 valence electrons. The lowest BCUT2D eigenvalue weighted by molar-refractivity contribution is -0.158. The molecule has 2 fully saturated rings. The standard InChI is InChI=1S/C19H26FN3O3/c1-26-19(7-9-21-10-8-19)18(25)23-12-4-11-22(13-14-23)17(24)15-5-2-3-6-16(15)20/h2-3,5-6,21H,4,7-14H2,1H3. The number of rotatable bonds is 3. The zero-order valence-electron chi connectivity index (χ0n) is 15.2. The first-order chi connectivity index (χ1) is 12.6. The maximum absolute atomic E-state index is 13.9. The van der Waals surface area contributed by atoms with Crippen molar-refractivity contribution in [2.75, 3.05) is 46.4 Å². The summed E-state index contributed by atoms with van der Waals surface area (Å²) in [5, 5.41) is 3.25. The van der Waals surface area contributed by atoms with Gasteiger partial charge in [0.2, 0.25) is 0 Å². The highest BCUT2D eigenvalue weighted by Gasteiger charge is 2.42. The van der Waals surface area contributed by atoms with Crippen LogP contribution >= 0.6 is 0 Å². The van der Waals surface area contributed by atoms with E-state index < -0.39 is 11.4 Å². The fourth-order valence-electron chi connectivity index (χ4n) is 3.75. The highest BCUT2D eigenvalue weighted by molar-refractivity contribution is 5.94. The number of halogens is 1. The minimum absolute atomic E-state index is 0.00157. The van der Waals surface area contributed by atoms with E-state index in [2.05, 4.69) is 5.32 Å². The van der Waals surface area contributed by atoms with Crippen molar-refractivity contribution in [2.45, 2.75) is 24.9 Å². The van der Waals surface area contributed by atoms with Crippen LogP contribution in [0.2, 0.25) is 0 Å². The summed E-state index contributed by atoms with van der Waals surface area (Å²) in [6.45, 7) is 3.45. The summed E-state index contributed by atoms with van der Waals surface area (Å²) >= 11 is 0. The van der Waals surface area contributed by atoms with Gasteiger partial charge in [-0.3, -0.25) is 9.59 Å². The van der Waals surface area contributed by atoms with Crippen LogP contribution < -0.4 is 5.32 Å². The summed E-state index contributed by atoms with van der Waals surface area (Å²) < 4.78 is 19.5.